The summed E-state index contributed by atoms with van der Waals surface area (Å²) in [5.74, 6) is -3.79. The first-order chi connectivity index (χ1) is 13.5. The van der Waals surface area contributed by atoms with E-state index in [0.717, 1.165) is 0 Å². The van der Waals surface area contributed by atoms with Crippen molar-refractivity contribution < 1.29 is 29.4 Å². The minimum absolute atomic E-state index is 0.0601. The summed E-state index contributed by atoms with van der Waals surface area (Å²) in [6, 6.07) is -3.80. The Hall–Kier alpha value is -2.58. The lowest BCUT2D eigenvalue weighted by atomic mass is 10.1. The number of nitrogens with one attached hydrogen (secondary N) is 3. The molecule has 0 radical (unpaired) electrons. The van der Waals surface area contributed by atoms with Crippen molar-refractivity contribution in [3.05, 3.63) is 0 Å². The molecule has 0 aromatic heterocycles. The second kappa shape index (κ2) is 13.6. The van der Waals surface area contributed by atoms with Gasteiger partial charge in [-0.2, -0.15) is 12.6 Å². The highest BCUT2D eigenvalue weighted by Gasteiger charge is 2.30. The van der Waals surface area contributed by atoms with E-state index < -0.39 is 47.9 Å². The molecule has 4 atom stereocenters. The molecule has 0 saturated heterocycles. The van der Waals surface area contributed by atoms with Crippen molar-refractivity contribution >= 4 is 42.3 Å². The number of guanidine groups is 1. The molecule has 3 amide bonds. The van der Waals surface area contributed by atoms with Crippen LogP contribution in [0.25, 0.3) is 0 Å². The van der Waals surface area contributed by atoms with Crippen LogP contribution in [-0.4, -0.2) is 82.9 Å². The van der Waals surface area contributed by atoms with Crippen LogP contribution in [0.5, 0.6) is 0 Å². The highest BCUT2D eigenvalue weighted by atomic mass is 32.1. The van der Waals surface area contributed by atoms with Crippen LogP contribution in [0.4, 0.5) is 0 Å². The number of carbonyl (C=O) groups is 4. The molecule has 4 unspecified atom stereocenters. The molecule has 0 rings (SSSR count). The molecule has 29 heavy (non-hydrogen) atoms. The SMILES string of the molecule is CC(O)C(NC(=O)C(CCCN=C(N)N)NC(=O)C(CS)NC(=O)CN)C(=O)O. The summed E-state index contributed by atoms with van der Waals surface area (Å²) < 4.78 is 0. The number of carboxylic acids is 1. The maximum atomic E-state index is 12.5. The predicted molar refractivity (Wildman–Crippen MR) is 108 cm³/mol. The van der Waals surface area contributed by atoms with Gasteiger partial charge in [-0.15, -0.1) is 0 Å². The number of amides is 3. The molecule has 0 saturated carbocycles. The second-order valence-electron chi connectivity index (χ2n) is 6.08. The molecule has 14 heteroatoms. The lowest BCUT2D eigenvalue weighted by Crippen LogP contribution is -2.58. The van der Waals surface area contributed by atoms with Crippen molar-refractivity contribution in [3.63, 3.8) is 0 Å². The van der Waals surface area contributed by atoms with Crippen LogP contribution in [-0.2, 0) is 19.2 Å². The van der Waals surface area contributed by atoms with E-state index in [4.69, 9.17) is 22.3 Å². The first-order valence-corrected chi connectivity index (χ1v) is 9.34. The van der Waals surface area contributed by atoms with E-state index in [2.05, 4.69) is 33.6 Å². The Morgan fingerprint density at radius 2 is 1.66 bits per heavy atom. The van der Waals surface area contributed by atoms with Crippen LogP contribution >= 0.6 is 12.6 Å². The van der Waals surface area contributed by atoms with E-state index in [1.165, 1.54) is 6.92 Å². The Bertz CT molecular complexity index is 612. The molecule has 0 aliphatic heterocycles. The molecule has 0 aliphatic rings. The Balaban J connectivity index is 5.27. The predicted octanol–water partition coefficient (Wildman–Crippen LogP) is -4.15. The largest absolute Gasteiger partial charge is 0.480 e. The maximum Gasteiger partial charge on any atom is 0.328 e. The number of aliphatic hydroxyl groups excluding tert-OH is 1. The summed E-state index contributed by atoms with van der Waals surface area (Å²) in [7, 11) is 0. The quantitative estimate of drug-likeness (QED) is 0.0590. The van der Waals surface area contributed by atoms with Gasteiger partial charge in [0, 0.05) is 12.3 Å². The van der Waals surface area contributed by atoms with E-state index in [1.807, 2.05) is 0 Å². The number of aliphatic carboxylic acids is 1. The summed E-state index contributed by atoms with van der Waals surface area (Å²) in [6.45, 7) is 1.03. The van der Waals surface area contributed by atoms with Gasteiger partial charge in [-0.1, -0.05) is 0 Å². The molecular weight excluding hydrogens is 406 g/mol. The molecule has 0 aromatic rings. The molecular formula is C15H29N7O6S. The average Bonchev–Trinajstić information content (AvgIpc) is 2.64. The molecule has 13 nitrogen and oxygen atoms in total. The van der Waals surface area contributed by atoms with Gasteiger partial charge < -0.3 is 43.4 Å². The number of carbonyl (C=O) groups excluding carboxylic acids is 3. The molecule has 0 bridgehead atoms. The van der Waals surface area contributed by atoms with Crippen molar-refractivity contribution in [2.24, 2.45) is 22.2 Å². The number of rotatable bonds is 13. The number of aliphatic hydroxyl groups is 1. The van der Waals surface area contributed by atoms with Crippen LogP contribution in [0.2, 0.25) is 0 Å². The fraction of sp³-hybridized carbons (Fsp3) is 0.667. The zero-order chi connectivity index (χ0) is 22.6. The van der Waals surface area contributed by atoms with Gasteiger partial charge in [0.15, 0.2) is 12.0 Å². The first kappa shape index (κ1) is 26.4. The standard InChI is InChI=1S/C15H29N7O6S/c1-7(23)11(14(27)28)22-12(25)8(3-2-4-19-15(17)18)21-13(26)9(6-29)20-10(24)5-16/h7-9,11,23,29H,2-6,16H2,1H3,(H,20,24)(H,21,26)(H,22,25)(H,27,28)(H4,17,18,19). The van der Waals surface area contributed by atoms with Crippen LogP contribution in [0.15, 0.2) is 4.99 Å². The van der Waals surface area contributed by atoms with Crippen molar-refractivity contribution in [2.75, 3.05) is 18.8 Å². The van der Waals surface area contributed by atoms with Crippen LogP contribution < -0.4 is 33.2 Å². The lowest BCUT2D eigenvalue weighted by molar-refractivity contribution is -0.145. The van der Waals surface area contributed by atoms with E-state index in [9.17, 15) is 24.3 Å². The minimum atomic E-state index is -1.57. The van der Waals surface area contributed by atoms with Crippen LogP contribution in [0, 0.1) is 0 Å². The summed E-state index contributed by atoms with van der Waals surface area (Å²) in [5, 5.41) is 25.6. The lowest BCUT2D eigenvalue weighted by Gasteiger charge is -2.24. The zero-order valence-corrected chi connectivity index (χ0v) is 16.9. The smallest absolute Gasteiger partial charge is 0.328 e. The molecule has 11 N–H and O–H groups in total. The van der Waals surface area contributed by atoms with Gasteiger partial charge in [-0.3, -0.25) is 19.4 Å². The maximum absolute atomic E-state index is 12.5. The summed E-state index contributed by atoms with van der Waals surface area (Å²) in [4.78, 5) is 51.3. The normalized spacial score (nSPS) is 14.6. The number of aliphatic imine (C=N–C) groups is 1. The highest BCUT2D eigenvalue weighted by molar-refractivity contribution is 7.80. The van der Waals surface area contributed by atoms with Crippen molar-refractivity contribution in [3.8, 4) is 0 Å². The Labute approximate surface area is 173 Å². The summed E-state index contributed by atoms with van der Waals surface area (Å²) in [5.41, 5.74) is 15.6. The fourth-order valence-corrected chi connectivity index (χ4v) is 2.39. The van der Waals surface area contributed by atoms with E-state index in [0.29, 0.717) is 0 Å². The Morgan fingerprint density at radius 1 is 1.07 bits per heavy atom. The van der Waals surface area contributed by atoms with Crippen LogP contribution in [0.1, 0.15) is 19.8 Å². The van der Waals surface area contributed by atoms with E-state index in [-0.39, 0.29) is 37.6 Å². The Morgan fingerprint density at radius 3 is 2.10 bits per heavy atom. The second-order valence-corrected chi connectivity index (χ2v) is 6.45. The fourth-order valence-electron chi connectivity index (χ4n) is 2.13. The van der Waals surface area contributed by atoms with E-state index in [1.54, 1.807) is 0 Å². The van der Waals surface area contributed by atoms with Gasteiger partial charge in [-0.25, -0.2) is 4.79 Å². The third kappa shape index (κ3) is 10.5. The molecule has 0 aromatic carbocycles. The highest BCUT2D eigenvalue weighted by Crippen LogP contribution is 2.03. The van der Waals surface area contributed by atoms with Crippen molar-refractivity contribution in [1.82, 2.24) is 16.0 Å². The number of hydrogen-bond acceptors (Lipinski definition) is 8. The monoisotopic (exact) mass is 435 g/mol. The third-order valence-electron chi connectivity index (χ3n) is 3.64. The topological polar surface area (TPSA) is 235 Å². The van der Waals surface area contributed by atoms with Gasteiger partial charge in [0.2, 0.25) is 17.7 Å². The zero-order valence-electron chi connectivity index (χ0n) is 16.0. The van der Waals surface area contributed by atoms with Crippen molar-refractivity contribution in [1.29, 1.82) is 0 Å². The van der Waals surface area contributed by atoms with E-state index >= 15 is 0 Å². The molecule has 166 valence electrons. The van der Waals surface area contributed by atoms with Crippen molar-refractivity contribution in [2.45, 2.75) is 44.0 Å². The summed E-state index contributed by atoms with van der Waals surface area (Å²) >= 11 is 3.99. The average molecular weight is 436 g/mol. The van der Waals surface area contributed by atoms with Gasteiger partial charge in [0.05, 0.1) is 12.6 Å². The number of nitrogens with two attached hydrogens (primary N) is 3. The number of nitrogens with zero attached hydrogens (tertiary/aromatic N) is 1. The van der Waals surface area contributed by atoms with Crippen LogP contribution in [0.3, 0.4) is 0 Å². The van der Waals surface area contributed by atoms with Gasteiger partial charge in [0.1, 0.15) is 12.1 Å². The number of thiol groups is 1. The first-order valence-electron chi connectivity index (χ1n) is 8.70. The van der Waals surface area contributed by atoms with Gasteiger partial charge >= 0.3 is 5.97 Å². The molecule has 0 heterocycles. The third-order valence-corrected chi connectivity index (χ3v) is 4.01. The molecule has 0 fully saturated rings. The number of carboxylic acid groups (broad SMARTS) is 1. The Kier molecular flexibility index (Phi) is 12.4. The number of hydrogen-bond donors (Lipinski definition) is 9. The minimum Gasteiger partial charge on any atom is -0.480 e. The molecule has 0 aliphatic carbocycles. The van der Waals surface area contributed by atoms with Gasteiger partial charge in [0.25, 0.3) is 0 Å². The van der Waals surface area contributed by atoms with Gasteiger partial charge in [-0.05, 0) is 19.8 Å². The molecule has 0 spiro atoms. The summed E-state index contributed by atoms with van der Waals surface area (Å²) in [6.07, 6.45) is -1.03.